The topological polar surface area (TPSA) is 99.2 Å². The Morgan fingerprint density at radius 1 is 1.25 bits per heavy atom. The molecule has 0 spiro atoms. The molecule has 3 aromatic heterocycles. The van der Waals surface area contributed by atoms with Gasteiger partial charge in [0.1, 0.15) is 18.2 Å². The number of nitrogens with one attached hydrogen (secondary N) is 1. The zero-order valence-corrected chi connectivity index (χ0v) is 16.0. The number of anilines is 1. The third kappa shape index (κ3) is 2.86. The second kappa shape index (κ2) is 6.66. The number of fused-ring (bicyclic) bond motifs is 2. The van der Waals surface area contributed by atoms with Gasteiger partial charge in [0.25, 0.3) is 11.3 Å². The van der Waals surface area contributed by atoms with Crippen LogP contribution < -0.4 is 10.9 Å². The Hall–Kier alpha value is -2.81. The number of hydrogen-bond acceptors (Lipinski definition) is 7. The van der Waals surface area contributed by atoms with E-state index in [1.807, 2.05) is 6.07 Å². The minimum Gasteiger partial charge on any atom is -0.377 e. The summed E-state index contributed by atoms with van der Waals surface area (Å²) in [6.45, 7) is 5.13. The first-order valence-electron chi connectivity index (χ1n) is 9.77. The third-order valence-corrected chi connectivity index (χ3v) is 5.54. The van der Waals surface area contributed by atoms with E-state index in [1.54, 1.807) is 15.3 Å². The molecule has 1 saturated heterocycles. The van der Waals surface area contributed by atoms with E-state index in [-0.39, 0.29) is 23.6 Å². The lowest BCUT2D eigenvalue weighted by Crippen LogP contribution is -2.38. The Labute approximate surface area is 161 Å². The highest BCUT2D eigenvalue weighted by Gasteiger charge is 2.33. The van der Waals surface area contributed by atoms with Gasteiger partial charge in [-0.15, -0.1) is 0 Å². The van der Waals surface area contributed by atoms with Gasteiger partial charge >= 0.3 is 0 Å². The van der Waals surface area contributed by atoms with Crippen LogP contribution in [0.3, 0.4) is 0 Å². The van der Waals surface area contributed by atoms with Crippen LogP contribution in [0.15, 0.2) is 23.3 Å². The van der Waals surface area contributed by atoms with Crippen molar-refractivity contribution < 1.29 is 4.74 Å². The quantitative estimate of drug-likeness (QED) is 0.728. The number of hydrogen-bond donors (Lipinski definition) is 1. The van der Waals surface area contributed by atoms with Crippen molar-refractivity contribution in [2.24, 2.45) is 0 Å². The molecule has 0 saturated carbocycles. The summed E-state index contributed by atoms with van der Waals surface area (Å²) < 4.78 is 8.99. The van der Waals surface area contributed by atoms with Crippen molar-refractivity contribution in [3.63, 3.8) is 0 Å². The van der Waals surface area contributed by atoms with E-state index in [4.69, 9.17) is 4.74 Å². The minimum atomic E-state index is -0.173. The Kier molecular flexibility index (Phi) is 4.12. The molecule has 2 aliphatic rings. The summed E-state index contributed by atoms with van der Waals surface area (Å²) in [7, 11) is 0. The molecular formula is C19H23N7O2. The molecule has 28 heavy (non-hydrogen) atoms. The number of nitrogens with zero attached hydrogens (tertiary/aromatic N) is 6. The van der Waals surface area contributed by atoms with Crippen molar-refractivity contribution in [3.05, 3.63) is 45.8 Å². The lowest BCUT2D eigenvalue weighted by molar-refractivity contribution is 0.182. The molecule has 1 aliphatic heterocycles. The molecule has 0 bridgehead atoms. The summed E-state index contributed by atoms with van der Waals surface area (Å²) in [6, 6.07) is 3.46. The maximum absolute atomic E-state index is 12.7. The van der Waals surface area contributed by atoms with Crippen molar-refractivity contribution in [2.45, 2.75) is 51.1 Å². The molecule has 146 valence electrons. The molecule has 2 unspecified atom stereocenters. The number of aromatic nitrogens is 6. The van der Waals surface area contributed by atoms with Crippen LogP contribution in [-0.2, 0) is 17.6 Å². The lowest BCUT2D eigenvalue weighted by Gasteiger charge is -2.22. The van der Waals surface area contributed by atoms with Gasteiger partial charge in [-0.2, -0.15) is 19.7 Å². The van der Waals surface area contributed by atoms with Crippen LogP contribution in [0, 0.1) is 0 Å². The van der Waals surface area contributed by atoms with Gasteiger partial charge in [0.05, 0.1) is 30.6 Å². The highest BCUT2D eigenvalue weighted by Crippen LogP contribution is 2.25. The second-order valence-corrected chi connectivity index (χ2v) is 7.80. The monoisotopic (exact) mass is 381 g/mol. The molecule has 4 heterocycles. The summed E-state index contributed by atoms with van der Waals surface area (Å²) in [5.74, 6) is 1.61. The number of aryl methyl sites for hydroxylation is 2. The zero-order chi connectivity index (χ0) is 19.3. The van der Waals surface area contributed by atoms with Crippen LogP contribution in [0.4, 0.5) is 5.82 Å². The predicted molar refractivity (Wildman–Crippen MR) is 103 cm³/mol. The fourth-order valence-corrected chi connectivity index (χ4v) is 3.99. The average Bonchev–Trinajstić information content (AvgIpc) is 3.40. The van der Waals surface area contributed by atoms with E-state index in [1.165, 1.54) is 6.33 Å². The fourth-order valence-electron chi connectivity index (χ4n) is 3.99. The van der Waals surface area contributed by atoms with E-state index in [0.717, 1.165) is 42.0 Å². The maximum Gasteiger partial charge on any atom is 0.267 e. The summed E-state index contributed by atoms with van der Waals surface area (Å²) in [6.07, 6.45) is 4.43. The molecule has 2 atom stereocenters. The van der Waals surface area contributed by atoms with Crippen molar-refractivity contribution in [2.75, 3.05) is 18.5 Å². The molecule has 1 aliphatic carbocycles. The normalized spacial score (nSPS) is 21.5. The summed E-state index contributed by atoms with van der Waals surface area (Å²) >= 11 is 0. The Morgan fingerprint density at radius 3 is 3.00 bits per heavy atom. The van der Waals surface area contributed by atoms with Gasteiger partial charge < -0.3 is 10.1 Å². The Bertz CT molecular complexity index is 1090. The molecule has 3 aromatic rings. The van der Waals surface area contributed by atoms with Gasteiger partial charge in [-0.3, -0.25) is 4.79 Å². The van der Waals surface area contributed by atoms with Gasteiger partial charge in [0.2, 0.25) is 0 Å². The largest absolute Gasteiger partial charge is 0.377 e. The zero-order valence-electron chi connectivity index (χ0n) is 16.0. The highest BCUT2D eigenvalue weighted by molar-refractivity contribution is 5.46. The molecule has 1 N–H and O–H groups in total. The van der Waals surface area contributed by atoms with Crippen molar-refractivity contribution >= 4 is 11.6 Å². The minimum absolute atomic E-state index is 0.0635. The average molecular weight is 381 g/mol. The van der Waals surface area contributed by atoms with E-state index in [2.05, 4.69) is 39.3 Å². The van der Waals surface area contributed by atoms with Gasteiger partial charge in [-0.1, -0.05) is 13.8 Å². The first-order valence-corrected chi connectivity index (χ1v) is 9.77. The molecule has 9 nitrogen and oxygen atoms in total. The van der Waals surface area contributed by atoms with Gasteiger partial charge in [-0.25, -0.2) is 9.67 Å². The first kappa shape index (κ1) is 17.3. The molecule has 5 rings (SSSR count). The lowest BCUT2D eigenvalue weighted by atomic mass is 10.1. The van der Waals surface area contributed by atoms with E-state index < -0.39 is 0 Å². The first-order chi connectivity index (χ1) is 13.6. The highest BCUT2D eigenvalue weighted by atomic mass is 16.5. The number of ether oxygens (including phenoxy) is 1. The van der Waals surface area contributed by atoms with Crippen LogP contribution in [0.5, 0.6) is 0 Å². The summed E-state index contributed by atoms with van der Waals surface area (Å²) in [4.78, 5) is 21.4. The molecule has 0 amide bonds. The van der Waals surface area contributed by atoms with Gasteiger partial charge in [-0.05, 0) is 30.7 Å². The van der Waals surface area contributed by atoms with Crippen molar-refractivity contribution in [1.82, 2.24) is 29.4 Å². The van der Waals surface area contributed by atoms with Crippen LogP contribution >= 0.6 is 0 Å². The van der Waals surface area contributed by atoms with Crippen LogP contribution in [0.1, 0.15) is 49.2 Å². The molecular weight excluding hydrogens is 358 g/mol. The van der Waals surface area contributed by atoms with Gasteiger partial charge in [0.15, 0.2) is 0 Å². The standard InChI is InChI=1S/C19H23N7O2/c1-11(2)14-7-17(26-19(23-14)20-10-21-26)22-15-8-28-9-16(15)25-18(27)6-12-4-3-5-13(12)24-25/h6-7,10-11,15-16,22H,3-5,8-9H2,1-2H3. The van der Waals surface area contributed by atoms with Crippen LogP contribution in [0.2, 0.25) is 0 Å². The van der Waals surface area contributed by atoms with Crippen molar-refractivity contribution in [3.8, 4) is 0 Å². The SMILES string of the molecule is CC(C)c1cc(NC2COCC2n2nc3c(cc2=O)CCC3)n2ncnc2n1. The molecule has 9 heteroatoms. The fraction of sp³-hybridized carbons (Fsp3) is 0.526. The van der Waals surface area contributed by atoms with Crippen LogP contribution in [0.25, 0.3) is 5.78 Å². The summed E-state index contributed by atoms with van der Waals surface area (Å²) in [5, 5.41) is 12.4. The Morgan fingerprint density at radius 2 is 2.14 bits per heavy atom. The van der Waals surface area contributed by atoms with E-state index >= 15 is 0 Å². The van der Waals surface area contributed by atoms with Crippen molar-refractivity contribution in [1.29, 1.82) is 0 Å². The van der Waals surface area contributed by atoms with Gasteiger partial charge in [0, 0.05) is 12.1 Å². The Balaban J connectivity index is 1.50. The molecule has 0 radical (unpaired) electrons. The van der Waals surface area contributed by atoms with E-state index in [9.17, 15) is 4.79 Å². The predicted octanol–water partition coefficient (Wildman–Crippen LogP) is 1.35. The van der Waals surface area contributed by atoms with Crippen LogP contribution in [-0.4, -0.2) is 48.6 Å². The second-order valence-electron chi connectivity index (χ2n) is 7.80. The molecule has 0 aromatic carbocycles. The summed E-state index contributed by atoms with van der Waals surface area (Å²) in [5.41, 5.74) is 3.00. The number of rotatable bonds is 4. The van der Waals surface area contributed by atoms with E-state index in [0.29, 0.717) is 19.0 Å². The maximum atomic E-state index is 12.7. The smallest absolute Gasteiger partial charge is 0.267 e. The molecule has 1 fully saturated rings. The third-order valence-electron chi connectivity index (χ3n) is 5.54.